The van der Waals surface area contributed by atoms with Crippen LogP contribution in [0.3, 0.4) is 0 Å². The Kier molecular flexibility index (Phi) is 6.14. The van der Waals surface area contributed by atoms with Crippen molar-refractivity contribution in [2.75, 3.05) is 32.2 Å². The number of β-amino-alcohol motifs (C(OH)–C–C–N with tert-alkyl or cyclic N) is 1. The number of nitrogens with one attached hydrogen (secondary N) is 1. The van der Waals surface area contributed by atoms with Gasteiger partial charge in [-0.15, -0.1) is 0 Å². The molecule has 35 heavy (non-hydrogen) atoms. The van der Waals surface area contributed by atoms with Gasteiger partial charge in [-0.3, -0.25) is 4.79 Å². The average molecular weight is 550 g/mol. The van der Waals surface area contributed by atoms with Crippen LogP contribution < -0.4 is 10.1 Å². The van der Waals surface area contributed by atoms with Crippen LogP contribution in [0.1, 0.15) is 25.3 Å². The first-order chi connectivity index (χ1) is 16.4. The molecule has 1 aromatic rings. The summed E-state index contributed by atoms with van der Waals surface area (Å²) < 4.78 is 15.0. The molecular formula is C23H27Cl3N2O7. The Morgan fingerprint density at radius 3 is 2.80 bits per heavy atom. The van der Waals surface area contributed by atoms with E-state index in [9.17, 15) is 19.8 Å². The van der Waals surface area contributed by atoms with E-state index < -0.39 is 51.7 Å². The second-order valence-corrected chi connectivity index (χ2v) is 12.4. The zero-order chi connectivity index (χ0) is 25.3. The van der Waals surface area contributed by atoms with Gasteiger partial charge in [-0.25, -0.2) is 4.79 Å². The van der Waals surface area contributed by atoms with Gasteiger partial charge in [0, 0.05) is 29.6 Å². The highest BCUT2D eigenvalue weighted by Gasteiger charge is 2.67. The molecule has 1 unspecified atom stereocenters. The molecule has 3 N–H and O–H groups in total. The molecule has 192 valence electrons. The standard InChI is InChI=1S/C23H27Cl3N2O7/c1-11(29)22(32)9-28(20(31)35-10-23(24,25)26)17-7-21(18-6-15(22)13(17)8-34-18)14-4-3-12(33-2)5-16(14)27-19(21)30/h3-5,11,13,15,17-18,29,32H,6-10H2,1-2H3,(H,27,30)/t11-,13-,15+,17?,18-,21-,22-/m0/s1. The summed E-state index contributed by atoms with van der Waals surface area (Å²) >= 11 is 17.3. The summed E-state index contributed by atoms with van der Waals surface area (Å²) in [6.07, 6.45) is -1.92. The molecule has 1 spiro atoms. The van der Waals surface area contributed by atoms with Crippen molar-refractivity contribution in [3.8, 4) is 5.75 Å². The molecule has 1 saturated carbocycles. The molecule has 5 aliphatic rings. The number of piperidine rings is 1. The number of benzene rings is 1. The topological polar surface area (TPSA) is 118 Å². The van der Waals surface area contributed by atoms with E-state index in [1.165, 1.54) is 11.8 Å². The van der Waals surface area contributed by atoms with Crippen molar-refractivity contribution in [3.63, 3.8) is 0 Å². The molecule has 6 rings (SSSR count). The normalized spacial score (nSPS) is 36.4. The number of alkyl halides is 3. The van der Waals surface area contributed by atoms with E-state index in [4.69, 9.17) is 49.0 Å². The van der Waals surface area contributed by atoms with Crippen LogP contribution in [0, 0.1) is 11.8 Å². The van der Waals surface area contributed by atoms with Gasteiger partial charge in [-0.1, -0.05) is 40.9 Å². The lowest BCUT2D eigenvalue weighted by Crippen LogP contribution is -2.68. The van der Waals surface area contributed by atoms with E-state index in [1.807, 2.05) is 6.07 Å². The number of carbonyl (C=O) groups is 2. The van der Waals surface area contributed by atoms with Gasteiger partial charge in [-0.05, 0) is 31.4 Å². The van der Waals surface area contributed by atoms with Gasteiger partial charge in [0.05, 0.1) is 32.5 Å². The maximum absolute atomic E-state index is 13.6. The van der Waals surface area contributed by atoms with Crippen molar-refractivity contribution in [1.82, 2.24) is 4.90 Å². The van der Waals surface area contributed by atoms with Gasteiger partial charge in [0.1, 0.15) is 23.4 Å². The van der Waals surface area contributed by atoms with Crippen LogP contribution in [-0.4, -0.2) is 81.6 Å². The number of carbonyl (C=O) groups excluding carboxylic acids is 2. The van der Waals surface area contributed by atoms with Crippen molar-refractivity contribution in [3.05, 3.63) is 23.8 Å². The minimum atomic E-state index is -1.82. The Morgan fingerprint density at radius 1 is 1.40 bits per heavy atom. The number of fused-ring (bicyclic) bond motifs is 2. The Labute approximate surface area is 217 Å². The second kappa shape index (κ2) is 8.53. The van der Waals surface area contributed by atoms with Crippen molar-refractivity contribution in [2.24, 2.45) is 11.8 Å². The average Bonchev–Trinajstić information content (AvgIpc) is 2.91. The van der Waals surface area contributed by atoms with Crippen LogP contribution in [0.4, 0.5) is 10.5 Å². The molecule has 2 amide bonds. The summed E-state index contributed by atoms with van der Waals surface area (Å²) in [6.45, 7) is 1.03. The highest BCUT2D eigenvalue weighted by molar-refractivity contribution is 6.67. The molecule has 3 saturated heterocycles. The number of nitrogens with zero attached hydrogens (tertiary/aromatic N) is 1. The molecule has 9 nitrogen and oxygen atoms in total. The molecule has 4 aliphatic heterocycles. The lowest BCUT2D eigenvalue weighted by Gasteiger charge is -2.54. The molecule has 12 heteroatoms. The lowest BCUT2D eigenvalue weighted by atomic mass is 9.67. The summed E-state index contributed by atoms with van der Waals surface area (Å²) in [5.41, 5.74) is -1.37. The Balaban J connectivity index is 1.60. The number of hydrogen-bond donors (Lipinski definition) is 3. The van der Waals surface area contributed by atoms with E-state index in [1.54, 1.807) is 19.2 Å². The van der Waals surface area contributed by atoms with Crippen LogP contribution in [0.2, 0.25) is 0 Å². The van der Waals surface area contributed by atoms with Crippen LogP contribution in [0.5, 0.6) is 5.75 Å². The minimum absolute atomic E-state index is 0.185. The first-order valence-electron chi connectivity index (χ1n) is 11.4. The quantitative estimate of drug-likeness (QED) is 0.496. The zero-order valence-corrected chi connectivity index (χ0v) is 21.4. The molecule has 1 aliphatic carbocycles. The molecule has 4 fully saturated rings. The third-order valence-corrected chi connectivity index (χ3v) is 8.52. The van der Waals surface area contributed by atoms with Crippen molar-refractivity contribution in [1.29, 1.82) is 0 Å². The van der Waals surface area contributed by atoms with Gasteiger partial charge < -0.3 is 34.6 Å². The van der Waals surface area contributed by atoms with Crippen molar-refractivity contribution >= 4 is 52.5 Å². The Hall–Kier alpha value is -1.49. The molecule has 7 atom stereocenters. The fourth-order valence-corrected chi connectivity index (χ4v) is 6.63. The number of aliphatic hydroxyl groups excluding tert-OH is 1. The summed E-state index contributed by atoms with van der Waals surface area (Å²) in [4.78, 5) is 28.2. The number of likely N-dealkylation sites (tertiary alicyclic amines) is 1. The highest BCUT2D eigenvalue weighted by Crippen LogP contribution is 2.57. The van der Waals surface area contributed by atoms with Crippen molar-refractivity contribution < 1.29 is 34.0 Å². The summed E-state index contributed by atoms with van der Waals surface area (Å²) in [7, 11) is 1.55. The molecule has 1 aromatic carbocycles. The van der Waals surface area contributed by atoms with Gasteiger partial charge in [-0.2, -0.15) is 0 Å². The first-order valence-corrected chi connectivity index (χ1v) is 12.6. The molecule has 4 bridgehead atoms. The van der Waals surface area contributed by atoms with Crippen LogP contribution in [-0.2, 0) is 19.7 Å². The predicted molar refractivity (Wildman–Crippen MR) is 128 cm³/mol. The lowest BCUT2D eigenvalue weighted by molar-refractivity contribution is -0.202. The van der Waals surface area contributed by atoms with Gasteiger partial charge in [0.15, 0.2) is 0 Å². The molecule has 4 heterocycles. The minimum Gasteiger partial charge on any atom is -0.497 e. The highest BCUT2D eigenvalue weighted by atomic mass is 35.6. The second-order valence-electron chi connectivity index (χ2n) is 9.90. The zero-order valence-electron chi connectivity index (χ0n) is 19.2. The number of methoxy groups -OCH3 is 1. The van der Waals surface area contributed by atoms with Crippen molar-refractivity contribution in [2.45, 2.75) is 52.8 Å². The number of hydrogen-bond acceptors (Lipinski definition) is 7. The molecule has 0 aromatic heterocycles. The fourth-order valence-electron chi connectivity index (χ4n) is 6.47. The van der Waals surface area contributed by atoms with Gasteiger partial charge >= 0.3 is 6.09 Å². The maximum atomic E-state index is 13.6. The Morgan fingerprint density at radius 2 is 2.14 bits per heavy atom. The van der Waals surface area contributed by atoms with E-state index in [2.05, 4.69) is 5.32 Å². The van der Waals surface area contributed by atoms with Crippen LogP contribution in [0.15, 0.2) is 18.2 Å². The number of halogens is 3. The summed E-state index contributed by atoms with van der Waals surface area (Å²) in [5.74, 6) is -0.388. The third-order valence-electron chi connectivity index (χ3n) is 8.19. The first kappa shape index (κ1) is 25.2. The van der Waals surface area contributed by atoms with E-state index in [0.717, 1.165) is 5.56 Å². The smallest absolute Gasteiger partial charge is 0.410 e. The third kappa shape index (κ3) is 3.86. The van der Waals surface area contributed by atoms with Crippen LogP contribution >= 0.6 is 34.8 Å². The SMILES string of the molecule is COc1ccc2c(c1)NC(=O)[C@@]21CC2[C@H]3CO[C@H]1C[C@H]3[C@@](O)([C@H](C)O)CN2C(=O)OCC(Cl)(Cl)Cl. The van der Waals surface area contributed by atoms with E-state index in [0.29, 0.717) is 17.9 Å². The van der Waals surface area contributed by atoms with Gasteiger partial charge in [0.25, 0.3) is 0 Å². The number of rotatable bonds is 3. The number of anilines is 1. The number of amides is 2. The fraction of sp³-hybridized carbons (Fsp3) is 0.652. The predicted octanol–water partition coefficient (Wildman–Crippen LogP) is 2.61. The number of ether oxygens (including phenoxy) is 3. The molecular weight excluding hydrogens is 523 g/mol. The summed E-state index contributed by atoms with van der Waals surface area (Å²) in [6, 6.07) is 4.85. The maximum Gasteiger partial charge on any atom is 0.410 e. The Bertz CT molecular complexity index is 1050. The largest absolute Gasteiger partial charge is 0.497 e. The van der Waals surface area contributed by atoms with E-state index >= 15 is 0 Å². The van der Waals surface area contributed by atoms with E-state index in [-0.39, 0.29) is 31.4 Å². The summed E-state index contributed by atoms with van der Waals surface area (Å²) in [5, 5.41) is 25.2. The van der Waals surface area contributed by atoms with Gasteiger partial charge in [0.2, 0.25) is 9.70 Å². The van der Waals surface area contributed by atoms with Crippen LogP contribution in [0.25, 0.3) is 0 Å². The molecule has 0 radical (unpaired) electrons. The number of aliphatic hydroxyl groups is 2. The monoisotopic (exact) mass is 548 g/mol.